The van der Waals surface area contributed by atoms with Gasteiger partial charge < -0.3 is 25.0 Å². The number of aliphatic hydroxyl groups is 1. The summed E-state index contributed by atoms with van der Waals surface area (Å²) in [5.74, 6) is 0.795. The first-order valence-electron chi connectivity index (χ1n) is 14.4. The second-order valence-electron chi connectivity index (χ2n) is 11.3. The monoisotopic (exact) mass is 574 g/mol. The highest BCUT2D eigenvalue weighted by Gasteiger charge is 2.31. The van der Waals surface area contributed by atoms with Crippen LogP contribution < -0.4 is 10.1 Å². The van der Waals surface area contributed by atoms with E-state index in [-0.39, 0.29) is 12.1 Å². The molecule has 3 heterocycles. The first-order chi connectivity index (χ1) is 19.7. The van der Waals surface area contributed by atoms with Crippen LogP contribution in [-0.2, 0) is 18.8 Å². The van der Waals surface area contributed by atoms with Gasteiger partial charge in [0.05, 0.1) is 11.3 Å². The number of ether oxygens (including phenoxy) is 1. The van der Waals surface area contributed by atoms with Crippen molar-refractivity contribution in [2.24, 2.45) is 0 Å². The molecule has 2 aliphatic rings. The SMILES string of the molecule is CCNC(=O)N(Cc1ccc(Cl)cc1)C1CCN(CC/C=C2\c3cc(C(C)(C)O)ccc3OCc3ncccc32)C1. The molecule has 0 aliphatic carbocycles. The Morgan fingerprint density at radius 2 is 2.02 bits per heavy atom. The fourth-order valence-electron chi connectivity index (χ4n) is 5.62. The van der Waals surface area contributed by atoms with Gasteiger partial charge in [-0.2, -0.15) is 0 Å². The van der Waals surface area contributed by atoms with Gasteiger partial charge in [0.15, 0.2) is 0 Å². The van der Waals surface area contributed by atoms with Crippen molar-refractivity contribution < 1.29 is 14.6 Å². The number of nitrogens with one attached hydrogen (secondary N) is 1. The summed E-state index contributed by atoms with van der Waals surface area (Å²) >= 11 is 6.08. The van der Waals surface area contributed by atoms with Gasteiger partial charge in [-0.25, -0.2) is 4.79 Å². The third kappa shape index (κ3) is 6.92. The van der Waals surface area contributed by atoms with E-state index in [1.807, 2.05) is 60.4 Å². The molecule has 0 bridgehead atoms. The third-order valence-electron chi connectivity index (χ3n) is 7.86. The van der Waals surface area contributed by atoms with Crippen LogP contribution in [-0.4, -0.2) is 58.1 Å². The van der Waals surface area contributed by atoms with Crippen LogP contribution >= 0.6 is 11.6 Å². The lowest BCUT2D eigenvalue weighted by Gasteiger charge is -2.29. The topological polar surface area (TPSA) is 77.9 Å². The highest BCUT2D eigenvalue weighted by atomic mass is 35.5. The van der Waals surface area contributed by atoms with Crippen LogP contribution in [0.15, 0.2) is 66.9 Å². The van der Waals surface area contributed by atoms with E-state index in [9.17, 15) is 9.90 Å². The van der Waals surface area contributed by atoms with Crippen molar-refractivity contribution in [3.05, 3.63) is 99.8 Å². The molecule has 2 N–H and O–H groups in total. The molecule has 0 spiro atoms. The second-order valence-corrected chi connectivity index (χ2v) is 11.7. The van der Waals surface area contributed by atoms with Crippen LogP contribution in [0.25, 0.3) is 5.57 Å². The number of hydrogen-bond donors (Lipinski definition) is 2. The Balaban J connectivity index is 1.33. The Morgan fingerprint density at radius 1 is 1.22 bits per heavy atom. The summed E-state index contributed by atoms with van der Waals surface area (Å²) in [5, 5.41) is 14.4. The minimum absolute atomic E-state index is 0.0294. The molecule has 1 saturated heterocycles. The number of fused-ring (bicyclic) bond motifs is 2. The molecule has 2 amide bonds. The molecule has 5 rings (SSSR count). The Kier molecular flexibility index (Phi) is 8.97. The number of pyridine rings is 1. The number of likely N-dealkylation sites (tertiary alicyclic amines) is 1. The molecular weight excluding hydrogens is 536 g/mol. The van der Waals surface area contributed by atoms with Gasteiger partial charge in [0, 0.05) is 61.1 Å². The lowest BCUT2D eigenvalue weighted by molar-refractivity contribution is 0.0785. The molecule has 8 heteroatoms. The van der Waals surface area contributed by atoms with E-state index in [0.717, 1.165) is 71.7 Å². The summed E-state index contributed by atoms with van der Waals surface area (Å²) in [6.45, 7) is 9.73. The summed E-state index contributed by atoms with van der Waals surface area (Å²) in [5.41, 5.74) is 4.96. The van der Waals surface area contributed by atoms with E-state index < -0.39 is 5.60 Å². The number of amides is 2. The minimum Gasteiger partial charge on any atom is -0.487 e. The molecule has 1 aromatic heterocycles. The van der Waals surface area contributed by atoms with Gasteiger partial charge >= 0.3 is 6.03 Å². The number of rotatable bonds is 8. The van der Waals surface area contributed by atoms with E-state index in [1.165, 1.54) is 0 Å². The summed E-state index contributed by atoms with van der Waals surface area (Å²) in [6.07, 6.45) is 5.83. The third-order valence-corrected chi connectivity index (χ3v) is 8.11. The number of hydrogen-bond acceptors (Lipinski definition) is 5. The normalized spacial score (nSPS) is 17.9. The number of benzene rings is 2. The molecule has 1 atom stereocenters. The highest BCUT2D eigenvalue weighted by Crippen LogP contribution is 2.38. The molecule has 1 fully saturated rings. The van der Waals surface area contributed by atoms with Crippen molar-refractivity contribution in [3.8, 4) is 5.75 Å². The van der Waals surface area contributed by atoms with Crippen molar-refractivity contribution >= 4 is 23.2 Å². The largest absolute Gasteiger partial charge is 0.487 e. The summed E-state index contributed by atoms with van der Waals surface area (Å²) in [4.78, 5) is 22.0. The molecular formula is C33H39ClN4O3. The van der Waals surface area contributed by atoms with E-state index in [2.05, 4.69) is 27.3 Å². The molecule has 0 radical (unpaired) electrons. The zero-order valence-corrected chi connectivity index (χ0v) is 24.8. The Bertz CT molecular complexity index is 1400. The molecule has 3 aromatic rings. The van der Waals surface area contributed by atoms with E-state index in [4.69, 9.17) is 16.3 Å². The number of aromatic nitrogens is 1. The molecule has 1 unspecified atom stereocenters. The summed E-state index contributed by atoms with van der Waals surface area (Å²) in [7, 11) is 0. The van der Waals surface area contributed by atoms with Crippen LogP contribution in [0.4, 0.5) is 4.79 Å². The fraction of sp³-hybridized carbons (Fsp3) is 0.394. The van der Waals surface area contributed by atoms with Gasteiger partial charge in [0.2, 0.25) is 0 Å². The van der Waals surface area contributed by atoms with Crippen LogP contribution in [0.3, 0.4) is 0 Å². The Hall–Kier alpha value is -3.39. The number of nitrogens with zero attached hydrogens (tertiary/aromatic N) is 3. The van der Waals surface area contributed by atoms with Crippen LogP contribution in [0.5, 0.6) is 5.75 Å². The summed E-state index contributed by atoms with van der Waals surface area (Å²) < 4.78 is 6.14. The lowest BCUT2D eigenvalue weighted by atomic mass is 9.90. The van der Waals surface area contributed by atoms with Gasteiger partial charge in [0.25, 0.3) is 0 Å². The second kappa shape index (κ2) is 12.6. The number of urea groups is 1. The van der Waals surface area contributed by atoms with Crippen molar-refractivity contribution in [3.63, 3.8) is 0 Å². The zero-order valence-electron chi connectivity index (χ0n) is 24.1. The zero-order chi connectivity index (χ0) is 29.0. The molecule has 2 aliphatic heterocycles. The first-order valence-corrected chi connectivity index (χ1v) is 14.8. The van der Waals surface area contributed by atoms with Gasteiger partial charge in [-0.05, 0) is 80.6 Å². The average molecular weight is 575 g/mol. The van der Waals surface area contributed by atoms with E-state index in [1.54, 1.807) is 20.0 Å². The van der Waals surface area contributed by atoms with Crippen molar-refractivity contribution in [2.45, 2.75) is 58.4 Å². The standard InChI is InChI=1S/C33H39ClN4O3/c1-4-35-32(39)38(20-23-9-12-25(34)13-10-23)26-15-18-37(21-26)17-6-8-27-28-7-5-16-36-30(28)22-41-31-14-11-24(19-29(27)31)33(2,3)40/h5,7-14,16,19,26,40H,4,6,15,17-18,20-22H2,1-3H3,(H,35,39)/b27-8-. The van der Waals surface area contributed by atoms with Crippen LogP contribution in [0.2, 0.25) is 5.02 Å². The first kappa shape index (κ1) is 29.1. The van der Waals surface area contributed by atoms with Crippen molar-refractivity contribution in [2.75, 3.05) is 26.2 Å². The lowest BCUT2D eigenvalue weighted by Crippen LogP contribution is -2.46. The van der Waals surface area contributed by atoms with Crippen molar-refractivity contribution in [1.29, 1.82) is 0 Å². The van der Waals surface area contributed by atoms with Gasteiger partial charge in [-0.3, -0.25) is 4.98 Å². The predicted molar refractivity (Wildman–Crippen MR) is 163 cm³/mol. The maximum Gasteiger partial charge on any atom is 0.317 e. The van der Waals surface area contributed by atoms with Gasteiger partial charge in [-0.15, -0.1) is 0 Å². The number of carbonyl (C=O) groups excluding carboxylic acids is 1. The van der Waals surface area contributed by atoms with E-state index >= 15 is 0 Å². The minimum atomic E-state index is -0.962. The average Bonchev–Trinajstić information content (AvgIpc) is 3.36. The Morgan fingerprint density at radius 3 is 2.78 bits per heavy atom. The highest BCUT2D eigenvalue weighted by molar-refractivity contribution is 6.30. The molecule has 41 heavy (non-hydrogen) atoms. The van der Waals surface area contributed by atoms with Gasteiger partial charge in [-0.1, -0.05) is 41.9 Å². The van der Waals surface area contributed by atoms with Crippen molar-refractivity contribution in [1.82, 2.24) is 20.1 Å². The van der Waals surface area contributed by atoms with E-state index in [0.29, 0.717) is 24.7 Å². The van der Waals surface area contributed by atoms with Crippen LogP contribution in [0.1, 0.15) is 61.6 Å². The summed E-state index contributed by atoms with van der Waals surface area (Å²) in [6, 6.07) is 17.8. The predicted octanol–water partition coefficient (Wildman–Crippen LogP) is 5.98. The number of carbonyl (C=O) groups is 1. The maximum absolute atomic E-state index is 13.0. The molecule has 0 saturated carbocycles. The maximum atomic E-state index is 13.0. The molecule has 2 aromatic carbocycles. The van der Waals surface area contributed by atoms with Gasteiger partial charge in [0.1, 0.15) is 12.4 Å². The Labute approximate surface area is 247 Å². The molecule has 216 valence electrons. The smallest absolute Gasteiger partial charge is 0.317 e. The molecule has 7 nitrogen and oxygen atoms in total. The quantitative estimate of drug-likeness (QED) is 0.346. The number of halogens is 1. The fourth-order valence-corrected chi connectivity index (χ4v) is 5.75. The van der Waals surface area contributed by atoms with Crippen LogP contribution in [0, 0.1) is 0 Å².